The van der Waals surface area contributed by atoms with Gasteiger partial charge in [-0.1, -0.05) is 6.58 Å². The van der Waals surface area contributed by atoms with Gasteiger partial charge < -0.3 is 9.39 Å². The highest BCUT2D eigenvalue weighted by Gasteiger charge is 2.01. The molecule has 0 aliphatic heterocycles. The molecule has 0 aliphatic rings. The molecule has 0 spiro atoms. The van der Waals surface area contributed by atoms with Gasteiger partial charge in [0.2, 0.25) is 0 Å². The van der Waals surface area contributed by atoms with Crippen molar-refractivity contribution >= 4 is 14.0 Å². The van der Waals surface area contributed by atoms with Crippen molar-refractivity contribution < 1.29 is 14.2 Å². The summed E-state index contributed by atoms with van der Waals surface area (Å²) in [6.45, 7) is 4.84. The molecule has 0 aromatic rings. The van der Waals surface area contributed by atoms with Crippen LogP contribution >= 0.6 is 0 Å². The van der Waals surface area contributed by atoms with E-state index in [1.807, 2.05) is 0 Å². The summed E-state index contributed by atoms with van der Waals surface area (Å²) in [5, 5.41) is 0. The summed E-state index contributed by atoms with van der Waals surface area (Å²) in [5.74, 6) is -0.468. The molecular formula is C5H9BO3. The number of hydrogen-bond acceptors (Lipinski definition) is 3. The minimum Gasteiger partial charge on any atom is -0.434 e. The van der Waals surface area contributed by atoms with Crippen LogP contribution in [0.1, 0.15) is 6.92 Å². The van der Waals surface area contributed by atoms with Crippen LogP contribution < -0.4 is 0 Å². The molecule has 0 aliphatic carbocycles. The van der Waals surface area contributed by atoms with Crippen LogP contribution in [0.25, 0.3) is 0 Å². The molecule has 3 nitrogen and oxygen atoms in total. The molecular weight excluding hydrogens is 119 g/mol. The third-order valence-electron chi connectivity index (χ3n) is 0.781. The van der Waals surface area contributed by atoms with Crippen LogP contribution in [-0.4, -0.2) is 20.3 Å². The average Bonchev–Trinajstić information content (AvgIpc) is 1.87. The van der Waals surface area contributed by atoms with E-state index in [0.29, 0.717) is 0 Å². The molecule has 0 heterocycles. The molecule has 1 atom stereocenters. The third-order valence-corrected chi connectivity index (χ3v) is 0.781. The third kappa shape index (κ3) is 3.79. The quantitative estimate of drug-likeness (QED) is 0.225. The Kier molecular flexibility index (Phi) is 3.79. The van der Waals surface area contributed by atoms with Gasteiger partial charge in [-0.2, -0.15) is 0 Å². The Morgan fingerprint density at radius 2 is 2.44 bits per heavy atom. The molecule has 50 valence electrons. The van der Waals surface area contributed by atoms with E-state index in [2.05, 4.69) is 16.0 Å². The Balaban J connectivity index is 3.46. The van der Waals surface area contributed by atoms with Crippen LogP contribution in [0.5, 0.6) is 0 Å². The Bertz CT molecular complexity index is 113. The summed E-state index contributed by atoms with van der Waals surface area (Å²) in [5.41, 5.74) is 0. The first-order valence-corrected chi connectivity index (χ1v) is 2.56. The minimum atomic E-state index is -0.490. The molecule has 0 bridgehead atoms. The number of esters is 1. The van der Waals surface area contributed by atoms with Crippen LogP contribution in [0.4, 0.5) is 0 Å². The summed E-state index contributed by atoms with van der Waals surface area (Å²) in [7, 11) is 1.46. The molecule has 0 amide bonds. The predicted molar refractivity (Wildman–Crippen MR) is 35.4 cm³/mol. The summed E-state index contributed by atoms with van der Waals surface area (Å²) >= 11 is 0. The zero-order valence-electron chi connectivity index (χ0n) is 5.59. The van der Waals surface area contributed by atoms with Crippen molar-refractivity contribution in [2.75, 3.05) is 0 Å². The molecule has 0 fully saturated rings. The topological polar surface area (TPSA) is 35.5 Å². The lowest BCUT2D eigenvalue weighted by Gasteiger charge is -2.08. The maximum Gasteiger partial charge on any atom is 0.332 e. The highest BCUT2D eigenvalue weighted by atomic mass is 16.7. The maximum absolute atomic E-state index is 10.4. The standard InChI is InChI=1S/C5H9BO3/c1-3-5(7)8-4(2)9-6/h3-4H,1,6H2,2H3. The molecule has 0 saturated carbocycles. The normalized spacial score (nSPS) is 12.1. The van der Waals surface area contributed by atoms with Gasteiger partial charge in [0, 0.05) is 6.08 Å². The fourth-order valence-corrected chi connectivity index (χ4v) is 0.260. The number of ether oxygens (including phenoxy) is 1. The Hall–Kier alpha value is -0.765. The molecule has 0 saturated heterocycles. The van der Waals surface area contributed by atoms with Crippen LogP contribution in [0, 0.1) is 0 Å². The second kappa shape index (κ2) is 4.15. The highest BCUT2D eigenvalue weighted by molar-refractivity contribution is 5.98. The van der Waals surface area contributed by atoms with Crippen molar-refractivity contribution in [1.82, 2.24) is 0 Å². The minimum absolute atomic E-state index is 0.468. The highest BCUT2D eigenvalue weighted by Crippen LogP contribution is 1.90. The van der Waals surface area contributed by atoms with Gasteiger partial charge in [-0.25, -0.2) is 4.79 Å². The van der Waals surface area contributed by atoms with Crippen molar-refractivity contribution in [2.24, 2.45) is 0 Å². The molecule has 0 aromatic carbocycles. The van der Waals surface area contributed by atoms with Crippen LogP contribution in [0.2, 0.25) is 0 Å². The largest absolute Gasteiger partial charge is 0.434 e. The van der Waals surface area contributed by atoms with Gasteiger partial charge in [-0.15, -0.1) is 0 Å². The first-order valence-electron chi connectivity index (χ1n) is 2.56. The molecule has 0 N–H and O–H groups in total. The van der Waals surface area contributed by atoms with Crippen molar-refractivity contribution in [3.8, 4) is 0 Å². The van der Waals surface area contributed by atoms with Crippen molar-refractivity contribution in [3.63, 3.8) is 0 Å². The van der Waals surface area contributed by atoms with E-state index in [-0.39, 0.29) is 0 Å². The Morgan fingerprint density at radius 3 is 2.78 bits per heavy atom. The van der Waals surface area contributed by atoms with E-state index < -0.39 is 12.3 Å². The number of rotatable bonds is 3. The lowest BCUT2D eigenvalue weighted by molar-refractivity contribution is -0.154. The number of carbonyl (C=O) groups excluding carboxylic acids is 1. The van der Waals surface area contributed by atoms with Crippen molar-refractivity contribution in [3.05, 3.63) is 12.7 Å². The maximum atomic E-state index is 10.4. The lowest BCUT2D eigenvalue weighted by atomic mass is 10.5. The zero-order chi connectivity index (χ0) is 7.28. The average molecular weight is 128 g/mol. The smallest absolute Gasteiger partial charge is 0.332 e. The van der Waals surface area contributed by atoms with E-state index in [4.69, 9.17) is 0 Å². The van der Waals surface area contributed by atoms with Crippen molar-refractivity contribution in [2.45, 2.75) is 13.2 Å². The van der Waals surface area contributed by atoms with Crippen LogP contribution in [0.3, 0.4) is 0 Å². The molecule has 4 heteroatoms. The lowest BCUT2D eigenvalue weighted by Crippen LogP contribution is -2.14. The van der Waals surface area contributed by atoms with Crippen LogP contribution in [-0.2, 0) is 14.2 Å². The molecule has 0 aromatic heterocycles. The summed E-state index contributed by atoms with van der Waals surface area (Å²) in [6.07, 6.45) is 0.602. The molecule has 0 radical (unpaired) electrons. The number of hydrogen-bond donors (Lipinski definition) is 0. The molecule has 0 rings (SSSR count). The fraction of sp³-hybridized carbons (Fsp3) is 0.400. The van der Waals surface area contributed by atoms with E-state index in [0.717, 1.165) is 6.08 Å². The van der Waals surface area contributed by atoms with E-state index in [1.54, 1.807) is 6.92 Å². The van der Waals surface area contributed by atoms with Gasteiger partial charge in [-0.3, -0.25) is 0 Å². The van der Waals surface area contributed by atoms with Crippen LogP contribution in [0.15, 0.2) is 12.7 Å². The summed E-state index contributed by atoms with van der Waals surface area (Å²) in [4.78, 5) is 10.4. The second-order valence-electron chi connectivity index (χ2n) is 1.44. The van der Waals surface area contributed by atoms with Crippen molar-refractivity contribution in [1.29, 1.82) is 0 Å². The van der Waals surface area contributed by atoms with Gasteiger partial charge in [0.15, 0.2) is 6.29 Å². The van der Waals surface area contributed by atoms with E-state index in [9.17, 15) is 4.79 Å². The summed E-state index contributed by atoms with van der Waals surface area (Å²) in [6, 6.07) is 0. The Labute approximate surface area is 55.1 Å². The SMILES string of the molecule is BOC(C)OC(=O)C=C. The Morgan fingerprint density at radius 1 is 1.89 bits per heavy atom. The van der Waals surface area contributed by atoms with Gasteiger partial charge in [0.25, 0.3) is 8.05 Å². The second-order valence-corrected chi connectivity index (χ2v) is 1.44. The molecule has 1 unspecified atom stereocenters. The van der Waals surface area contributed by atoms with E-state index in [1.165, 1.54) is 8.05 Å². The molecule has 9 heavy (non-hydrogen) atoms. The van der Waals surface area contributed by atoms with Gasteiger partial charge in [0.05, 0.1) is 0 Å². The van der Waals surface area contributed by atoms with E-state index >= 15 is 0 Å². The monoisotopic (exact) mass is 128 g/mol. The predicted octanol–water partition coefficient (Wildman–Crippen LogP) is -0.374. The first kappa shape index (κ1) is 8.23. The summed E-state index contributed by atoms with van der Waals surface area (Å²) < 4.78 is 9.20. The van der Waals surface area contributed by atoms with Gasteiger partial charge in [0.1, 0.15) is 0 Å². The zero-order valence-corrected chi connectivity index (χ0v) is 5.59. The van der Waals surface area contributed by atoms with Gasteiger partial charge >= 0.3 is 5.97 Å². The fourth-order valence-electron chi connectivity index (χ4n) is 0.260. The number of carbonyl (C=O) groups is 1. The van der Waals surface area contributed by atoms with Gasteiger partial charge in [-0.05, 0) is 6.92 Å². The first-order chi connectivity index (χ1) is 4.20.